The molecule has 0 aliphatic rings. The van der Waals surface area contributed by atoms with Gasteiger partial charge in [-0.05, 0) is 6.07 Å². The van der Waals surface area contributed by atoms with Crippen molar-refractivity contribution >= 4 is 5.91 Å². The largest absolute Gasteiger partial charge is 0.480 e. The summed E-state index contributed by atoms with van der Waals surface area (Å²) in [6.45, 7) is 5.26. The van der Waals surface area contributed by atoms with Gasteiger partial charge in [0.15, 0.2) is 18.2 Å². The monoisotopic (exact) mass is 296 g/mol. The predicted octanol–water partition coefficient (Wildman–Crippen LogP) is 1.24. The molecule has 0 bridgehead atoms. The number of nitrogens with one attached hydrogen (secondary N) is 2. The summed E-state index contributed by atoms with van der Waals surface area (Å²) in [6.07, 6.45) is 1.56. The molecule has 0 aromatic heterocycles. The average Bonchev–Trinajstić information content (AvgIpc) is 2.48. The summed E-state index contributed by atoms with van der Waals surface area (Å²) in [7, 11) is 1.61. The maximum absolute atomic E-state index is 13.8. The van der Waals surface area contributed by atoms with Gasteiger partial charge < -0.3 is 20.1 Å². The van der Waals surface area contributed by atoms with Crippen molar-refractivity contribution in [2.45, 2.75) is 6.54 Å². The third-order valence-electron chi connectivity index (χ3n) is 2.64. The van der Waals surface area contributed by atoms with Crippen LogP contribution < -0.4 is 15.4 Å². The van der Waals surface area contributed by atoms with Crippen LogP contribution in [0, 0.1) is 5.82 Å². The lowest BCUT2D eigenvalue weighted by atomic mass is 10.2. The van der Waals surface area contributed by atoms with Gasteiger partial charge in [-0.2, -0.15) is 0 Å². The van der Waals surface area contributed by atoms with Gasteiger partial charge in [0.1, 0.15) is 0 Å². The molecule has 2 N–H and O–H groups in total. The van der Waals surface area contributed by atoms with Crippen LogP contribution in [0.15, 0.2) is 30.9 Å². The first-order valence-electron chi connectivity index (χ1n) is 6.66. The summed E-state index contributed by atoms with van der Waals surface area (Å²) in [4.78, 5) is 11.5. The molecule has 0 heterocycles. The third-order valence-corrected chi connectivity index (χ3v) is 2.64. The fraction of sp³-hybridized carbons (Fsp3) is 0.400. The van der Waals surface area contributed by atoms with Gasteiger partial charge in [0, 0.05) is 32.3 Å². The molecule has 1 amide bonds. The van der Waals surface area contributed by atoms with E-state index in [0.717, 1.165) is 0 Å². The zero-order valence-electron chi connectivity index (χ0n) is 12.2. The Hall–Kier alpha value is -1.92. The summed E-state index contributed by atoms with van der Waals surface area (Å²) in [6, 6.07) is 4.66. The van der Waals surface area contributed by atoms with Crippen LogP contribution in [0.5, 0.6) is 5.75 Å². The van der Waals surface area contributed by atoms with E-state index in [4.69, 9.17) is 9.47 Å². The molecular weight excluding hydrogens is 275 g/mol. The molecule has 116 valence electrons. The van der Waals surface area contributed by atoms with E-state index in [1.807, 2.05) is 0 Å². The SMILES string of the molecule is C=CCNC(=O)COc1c(F)cccc1CNCCOC. The minimum absolute atomic E-state index is 0.0937. The van der Waals surface area contributed by atoms with E-state index in [1.54, 1.807) is 25.3 Å². The van der Waals surface area contributed by atoms with Gasteiger partial charge in [0.25, 0.3) is 5.91 Å². The number of ether oxygens (including phenoxy) is 2. The quantitative estimate of drug-likeness (QED) is 0.504. The van der Waals surface area contributed by atoms with Crippen LogP contribution in [0.1, 0.15) is 5.56 Å². The number of carbonyl (C=O) groups is 1. The van der Waals surface area contributed by atoms with Gasteiger partial charge in [-0.1, -0.05) is 18.2 Å². The Bertz CT molecular complexity index is 466. The highest BCUT2D eigenvalue weighted by Gasteiger charge is 2.11. The number of hydrogen-bond donors (Lipinski definition) is 2. The molecule has 0 saturated carbocycles. The maximum atomic E-state index is 13.8. The fourth-order valence-electron chi connectivity index (χ4n) is 1.63. The first-order valence-corrected chi connectivity index (χ1v) is 6.66. The number of amides is 1. The van der Waals surface area contributed by atoms with Gasteiger partial charge in [-0.15, -0.1) is 6.58 Å². The second-order valence-corrected chi connectivity index (χ2v) is 4.28. The first-order chi connectivity index (χ1) is 10.2. The summed E-state index contributed by atoms with van der Waals surface area (Å²) >= 11 is 0. The number of para-hydroxylation sites is 1. The molecule has 21 heavy (non-hydrogen) atoms. The standard InChI is InChI=1S/C15H21FN2O3/c1-3-7-18-14(19)11-21-15-12(5-4-6-13(15)16)10-17-8-9-20-2/h3-6,17H,1,7-11H2,2H3,(H,18,19). The fourth-order valence-corrected chi connectivity index (χ4v) is 1.63. The summed E-state index contributed by atoms with van der Waals surface area (Å²) in [5.41, 5.74) is 0.655. The molecule has 1 aromatic rings. The van der Waals surface area contributed by atoms with Crippen LogP contribution >= 0.6 is 0 Å². The van der Waals surface area contributed by atoms with E-state index in [1.165, 1.54) is 6.07 Å². The van der Waals surface area contributed by atoms with Gasteiger partial charge >= 0.3 is 0 Å². The summed E-state index contributed by atoms with van der Waals surface area (Å²) in [5.74, 6) is -0.717. The summed E-state index contributed by atoms with van der Waals surface area (Å²) < 4.78 is 24.0. The lowest BCUT2D eigenvalue weighted by molar-refractivity contribution is -0.122. The second-order valence-electron chi connectivity index (χ2n) is 4.28. The summed E-state index contributed by atoms with van der Waals surface area (Å²) in [5, 5.41) is 5.67. The Morgan fingerprint density at radius 3 is 3.00 bits per heavy atom. The number of halogens is 1. The minimum Gasteiger partial charge on any atom is -0.480 e. The smallest absolute Gasteiger partial charge is 0.258 e. The molecule has 0 radical (unpaired) electrons. The lowest BCUT2D eigenvalue weighted by Crippen LogP contribution is -2.29. The van der Waals surface area contributed by atoms with Crippen molar-refractivity contribution in [1.82, 2.24) is 10.6 Å². The van der Waals surface area contributed by atoms with Crippen LogP contribution in [0.2, 0.25) is 0 Å². The third kappa shape index (κ3) is 6.37. The Kier molecular flexibility index (Phi) is 8.08. The molecule has 6 heteroatoms. The van der Waals surface area contributed by atoms with E-state index in [9.17, 15) is 9.18 Å². The molecule has 0 atom stereocenters. The number of benzene rings is 1. The maximum Gasteiger partial charge on any atom is 0.258 e. The Morgan fingerprint density at radius 1 is 1.48 bits per heavy atom. The first kappa shape index (κ1) is 17.1. The Labute approximate surface area is 124 Å². The van der Waals surface area contributed by atoms with Gasteiger partial charge in [-0.3, -0.25) is 4.79 Å². The van der Waals surface area contributed by atoms with Crippen LogP contribution in [-0.4, -0.2) is 39.3 Å². The minimum atomic E-state index is -0.488. The molecule has 0 fully saturated rings. The number of hydrogen-bond acceptors (Lipinski definition) is 4. The van der Waals surface area contributed by atoms with Crippen LogP contribution in [0.25, 0.3) is 0 Å². The molecule has 0 aliphatic carbocycles. The lowest BCUT2D eigenvalue weighted by Gasteiger charge is -2.13. The van der Waals surface area contributed by atoms with Crippen molar-refractivity contribution in [2.75, 3.05) is 33.4 Å². The molecular formula is C15H21FN2O3. The molecule has 5 nitrogen and oxygen atoms in total. The number of methoxy groups -OCH3 is 1. The van der Waals surface area contributed by atoms with Gasteiger partial charge in [-0.25, -0.2) is 4.39 Å². The van der Waals surface area contributed by atoms with Crippen molar-refractivity contribution in [3.05, 3.63) is 42.2 Å². The zero-order chi connectivity index (χ0) is 15.5. The van der Waals surface area contributed by atoms with Crippen molar-refractivity contribution in [1.29, 1.82) is 0 Å². The van der Waals surface area contributed by atoms with E-state index >= 15 is 0 Å². The van der Waals surface area contributed by atoms with Crippen LogP contribution in [-0.2, 0) is 16.1 Å². The topological polar surface area (TPSA) is 59.6 Å². The predicted molar refractivity (Wildman–Crippen MR) is 78.7 cm³/mol. The van der Waals surface area contributed by atoms with Crippen molar-refractivity contribution in [3.63, 3.8) is 0 Å². The highest BCUT2D eigenvalue weighted by molar-refractivity contribution is 5.77. The molecule has 1 aromatic carbocycles. The molecule has 1 rings (SSSR count). The normalized spacial score (nSPS) is 10.2. The highest BCUT2D eigenvalue weighted by atomic mass is 19.1. The van der Waals surface area contributed by atoms with E-state index in [2.05, 4.69) is 17.2 Å². The van der Waals surface area contributed by atoms with Crippen molar-refractivity contribution in [3.8, 4) is 5.75 Å². The molecule has 0 aliphatic heterocycles. The van der Waals surface area contributed by atoms with Crippen LogP contribution in [0.3, 0.4) is 0 Å². The zero-order valence-corrected chi connectivity index (χ0v) is 12.2. The average molecular weight is 296 g/mol. The van der Waals surface area contributed by atoms with E-state index < -0.39 is 5.82 Å². The number of carbonyl (C=O) groups excluding carboxylic acids is 1. The molecule has 0 saturated heterocycles. The number of rotatable bonds is 10. The van der Waals surface area contributed by atoms with Gasteiger partial charge in [0.2, 0.25) is 0 Å². The van der Waals surface area contributed by atoms with Gasteiger partial charge in [0.05, 0.1) is 6.61 Å². The van der Waals surface area contributed by atoms with Crippen molar-refractivity contribution < 1.29 is 18.7 Å². The van der Waals surface area contributed by atoms with E-state index in [-0.39, 0.29) is 18.3 Å². The van der Waals surface area contributed by atoms with E-state index in [0.29, 0.717) is 31.8 Å². The van der Waals surface area contributed by atoms with Crippen LogP contribution in [0.4, 0.5) is 4.39 Å². The molecule has 0 spiro atoms. The Balaban J connectivity index is 2.58. The molecule has 0 unspecified atom stereocenters. The Morgan fingerprint density at radius 2 is 2.29 bits per heavy atom. The second kappa shape index (κ2) is 9.90. The highest BCUT2D eigenvalue weighted by Crippen LogP contribution is 2.22. The van der Waals surface area contributed by atoms with Crippen molar-refractivity contribution in [2.24, 2.45) is 0 Å².